The normalized spacial score (nSPS) is 15.1. The van der Waals surface area contributed by atoms with Gasteiger partial charge in [0.1, 0.15) is 12.4 Å². The van der Waals surface area contributed by atoms with Crippen LogP contribution in [0, 0.1) is 0 Å². The Kier molecular flexibility index (Phi) is 6.22. The molecule has 6 heteroatoms. The fourth-order valence-electron chi connectivity index (χ4n) is 3.58. The van der Waals surface area contributed by atoms with Crippen LogP contribution in [-0.2, 0) is 13.2 Å². The van der Waals surface area contributed by atoms with E-state index < -0.39 is 0 Å². The van der Waals surface area contributed by atoms with Crippen LogP contribution in [0.3, 0.4) is 0 Å². The number of aromatic nitrogens is 2. The summed E-state index contributed by atoms with van der Waals surface area (Å²) in [5.41, 5.74) is 2.38. The number of nitrogens with zero attached hydrogens (tertiary/aromatic N) is 4. The molecule has 1 aliphatic heterocycles. The quantitative estimate of drug-likeness (QED) is 0.667. The molecule has 0 radical (unpaired) electrons. The van der Waals surface area contributed by atoms with Crippen LogP contribution in [0.2, 0.25) is 0 Å². The lowest BCUT2D eigenvalue weighted by molar-refractivity contribution is 0.196. The second kappa shape index (κ2) is 9.39. The molecular formula is C23H26N4O2. The molecule has 0 unspecified atom stereocenters. The molecule has 29 heavy (non-hydrogen) atoms. The second-order valence-corrected chi connectivity index (χ2v) is 7.27. The van der Waals surface area contributed by atoms with E-state index in [4.69, 9.17) is 4.74 Å². The summed E-state index contributed by atoms with van der Waals surface area (Å²) in [6, 6.07) is 20.2. The highest BCUT2D eigenvalue weighted by Crippen LogP contribution is 2.17. The van der Waals surface area contributed by atoms with Gasteiger partial charge in [-0.3, -0.25) is 4.90 Å². The number of hydrogen-bond donors (Lipinski definition) is 0. The lowest BCUT2D eigenvalue weighted by atomic mass is 10.2. The summed E-state index contributed by atoms with van der Waals surface area (Å²) in [5.74, 6) is 0.886. The smallest absolute Gasteiger partial charge is 0.344 e. The number of carbonyl (C=O) groups excluding carboxylic acids is 1. The summed E-state index contributed by atoms with van der Waals surface area (Å²) >= 11 is 0. The first kappa shape index (κ1) is 19.2. The Bertz CT molecular complexity index is 912. The summed E-state index contributed by atoms with van der Waals surface area (Å²) in [4.78, 5) is 16.8. The van der Waals surface area contributed by atoms with Crippen molar-refractivity contribution in [2.75, 3.05) is 26.2 Å². The van der Waals surface area contributed by atoms with Crippen molar-refractivity contribution in [3.8, 4) is 5.75 Å². The molecule has 0 N–H and O–H groups in total. The zero-order valence-electron chi connectivity index (χ0n) is 16.5. The van der Waals surface area contributed by atoms with Crippen LogP contribution < -0.4 is 4.74 Å². The number of benzene rings is 2. The molecule has 0 spiro atoms. The van der Waals surface area contributed by atoms with E-state index in [0.29, 0.717) is 13.2 Å². The maximum absolute atomic E-state index is 12.5. The summed E-state index contributed by atoms with van der Waals surface area (Å²) in [5, 5.41) is 4.06. The second-order valence-electron chi connectivity index (χ2n) is 7.27. The zero-order valence-corrected chi connectivity index (χ0v) is 16.5. The highest BCUT2D eigenvalue weighted by Gasteiger charge is 2.20. The van der Waals surface area contributed by atoms with E-state index in [1.54, 1.807) is 18.5 Å². The molecule has 1 aromatic heterocycles. The molecule has 0 aliphatic carbocycles. The van der Waals surface area contributed by atoms with Gasteiger partial charge in [0, 0.05) is 45.1 Å². The maximum Gasteiger partial charge on any atom is 0.344 e. The van der Waals surface area contributed by atoms with E-state index in [1.165, 1.54) is 10.2 Å². The Labute approximate surface area is 171 Å². The van der Waals surface area contributed by atoms with Crippen LogP contribution in [0.5, 0.6) is 5.75 Å². The molecule has 0 saturated carbocycles. The molecule has 2 heterocycles. The molecule has 0 bridgehead atoms. The minimum absolute atomic E-state index is 0.0480. The van der Waals surface area contributed by atoms with Crippen LogP contribution in [0.15, 0.2) is 73.1 Å². The number of rotatable bonds is 5. The average molecular weight is 390 g/mol. The first-order valence-corrected chi connectivity index (χ1v) is 10.0. The summed E-state index contributed by atoms with van der Waals surface area (Å²) in [7, 11) is 0. The van der Waals surface area contributed by atoms with E-state index in [0.717, 1.165) is 43.9 Å². The minimum atomic E-state index is -0.0480. The molecule has 1 fully saturated rings. The zero-order chi connectivity index (χ0) is 19.9. The van der Waals surface area contributed by atoms with Gasteiger partial charge in [-0.15, -0.1) is 0 Å². The first-order chi connectivity index (χ1) is 14.3. The van der Waals surface area contributed by atoms with E-state index >= 15 is 0 Å². The molecule has 0 atom stereocenters. The van der Waals surface area contributed by atoms with Gasteiger partial charge in [-0.05, 0) is 35.7 Å². The summed E-state index contributed by atoms with van der Waals surface area (Å²) in [6.07, 6.45) is 4.29. The Morgan fingerprint density at radius 1 is 0.931 bits per heavy atom. The fraction of sp³-hybridized carbons (Fsp3) is 0.304. The van der Waals surface area contributed by atoms with Gasteiger partial charge in [0.2, 0.25) is 0 Å². The highest BCUT2D eigenvalue weighted by molar-refractivity contribution is 5.75. The summed E-state index contributed by atoms with van der Waals surface area (Å²) in [6.45, 7) is 4.71. The third kappa shape index (κ3) is 5.23. The average Bonchev–Trinajstić information content (AvgIpc) is 3.20. The molecule has 4 rings (SSSR count). The third-order valence-electron chi connectivity index (χ3n) is 5.11. The maximum atomic E-state index is 12.5. The SMILES string of the molecule is O=C(N1CCCN(Cc2cccc(OCc3ccccc3)c2)CC1)n1cccn1. The summed E-state index contributed by atoms with van der Waals surface area (Å²) < 4.78 is 7.36. The molecule has 150 valence electrons. The Balaban J connectivity index is 1.31. The number of hydrogen-bond acceptors (Lipinski definition) is 4. The predicted molar refractivity (Wildman–Crippen MR) is 112 cm³/mol. The van der Waals surface area contributed by atoms with Crippen LogP contribution in [0.25, 0.3) is 0 Å². The first-order valence-electron chi connectivity index (χ1n) is 10.0. The fourth-order valence-corrected chi connectivity index (χ4v) is 3.58. The molecule has 3 aromatic rings. The molecule has 2 aromatic carbocycles. The third-order valence-corrected chi connectivity index (χ3v) is 5.11. The monoisotopic (exact) mass is 390 g/mol. The van der Waals surface area contributed by atoms with Crippen molar-refractivity contribution in [1.29, 1.82) is 0 Å². The van der Waals surface area contributed by atoms with Crippen LogP contribution in [-0.4, -0.2) is 51.8 Å². The molecule has 6 nitrogen and oxygen atoms in total. The topological polar surface area (TPSA) is 50.6 Å². The number of carbonyl (C=O) groups is 1. The lowest BCUT2D eigenvalue weighted by Gasteiger charge is -2.22. The number of ether oxygens (including phenoxy) is 1. The standard InChI is InChI=1S/C23H26N4O2/c28-23(27-14-5-11-24-27)26-13-6-12-25(15-16-26)18-21-9-4-10-22(17-21)29-19-20-7-2-1-3-8-20/h1-5,7-11,14,17H,6,12-13,15-16,18-19H2. The Morgan fingerprint density at radius 2 is 1.79 bits per heavy atom. The van der Waals surface area contributed by atoms with Gasteiger partial charge in [0.05, 0.1) is 0 Å². The Morgan fingerprint density at radius 3 is 2.62 bits per heavy atom. The number of amides is 1. The van der Waals surface area contributed by atoms with Crippen molar-refractivity contribution in [2.24, 2.45) is 0 Å². The molecule has 1 saturated heterocycles. The van der Waals surface area contributed by atoms with Crippen LogP contribution in [0.4, 0.5) is 4.79 Å². The van der Waals surface area contributed by atoms with E-state index in [-0.39, 0.29) is 6.03 Å². The van der Waals surface area contributed by atoms with Crippen molar-refractivity contribution in [3.63, 3.8) is 0 Å². The van der Waals surface area contributed by atoms with Gasteiger partial charge in [-0.1, -0.05) is 42.5 Å². The minimum Gasteiger partial charge on any atom is -0.489 e. The lowest BCUT2D eigenvalue weighted by Crippen LogP contribution is -2.38. The van der Waals surface area contributed by atoms with Gasteiger partial charge in [-0.2, -0.15) is 9.78 Å². The van der Waals surface area contributed by atoms with E-state index in [9.17, 15) is 4.79 Å². The van der Waals surface area contributed by atoms with Crippen molar-refractivity contribution in [1.82, 2.24) is 19.6 Å². The van der Waals surface area contributed by atoms with Crippen molar-refractivity contribution < 1.29 is 9.53 Å². The largest absolute Gasteiger partial charge is 0.489 e. The Hall–Kier alpha value is -3.12. The van der Waals surface area contributed by atoms with E-state index in [2.05, 4.69) is 34.3 Å². The van der Waals surface area contributed by atoms with Crippen molar-refractivity contribution in [3.05, 3.63) is 84.2 Å². The van der Waals surface area contributed by atoms with Gasteiger partial charge in [0.25, 0.3) is 0 Å². The molecule has 1 aliphatic rings. The molecule has 1 amide bonds. The molecular weight excluding hydrogens is 364 g/mol. The predicted octanol–water partition coefficient (Wildman–Crippen LogP) is 3.64. The van der Waals surface area contributed by atoms with Gasteiger partial charge in [-0.25, -0.2) is 4.79 Å². The van der Waals surface area contributed by atoms with Crippen LogP contribution in [0.1, 0.15) is 17.5 Å². The van der Waals surface area contributed by atoms with Gasteiger partial charge in [0.15, 0.2) is 0 Å². The van der Waals surface area contributed by atoms with Crippen molar-refractivity contribution in [2.45, 2.75) is 19.6 Å². The van der Waals surface area contributed by atoms with Crippen molar-refractivity contribution >= 4 is 6.03 Å². The van der Waals surface area contributed by atoms with Crippen LogP contribution >= 0.6 is 0 Å². The highest BCUT2D eigenvalue weighted by atomic mass is 16.5. The van der Waals surface area contributed by atoms with E-state index in [1.807, 2.05) is 35.2 Å². The van der Waals surface area contributed by atoms with Gasteiger partial charge < -0.3 is 9.64 Å². The van der Waals surface area contributed by atoms with Gasteiger partial charge >= 0.3 is 6.03 Å².